The molecule has 1 unspecified atom stereocenters. The summed E-state index contributed by atoms with van der Waals surface area (Å²) >= 11 is 0. The number of H-pyrrole nitrogens is 1. The molecule has 1 amide bonds. The van der Waals surface area contributed by atoms with Crippen LogP contribution < -0.4 is 5.32 Å². The van der Waals surface area contributed by atoms with E-state index >= 15 is 0 Å². The van der Waals surface area contributed by atoms with Gasteiger partial charge in [0.15, 0.2) is 0 Å². The molecule has 1 fully saturated rings. The highest BCUT2D eigenvalue weighted by Gasteiger charge is 2.25. The first-order chi connectivity index (χ1) is 7.81. The number of likely N-dealkylation sites (tertiary alicyclic amines) is 1. The fourth-order valence-electron chi connectivity index (χ4n) is 2.10. The summed E-state index contributed by atoms with van der Waals surface area (Å²) in [5.41, 5.74) is 0. The zero-order chi connectivity index (χ0) is 11.4. The minimum atomic E-state index is -0.0301. The predicted octanol–water partition coefficient (Wildman–Crippen LogP) is 0.510. The lowest BCUT2D eigenvalue weighted by Gasteiger charge is -2.23. The summed E-state index contributed by atoms with van der Waals surface area (Å²) in [5.74, 6) is 1.04. The van der Waals surface area contributed by atoms with Crippen molar-refractivity contribution >= 4 is 5.91 Å². The highest BCUT2D eigenvalue weighted by atomic mass is 16.2. The summed E-state index contributed by atoms with van der Waals surface area (Å²) in [7, 11) is 1.85. The number of nitrogens with one attached hydrogen (secondary N) is 2. The van der Waals surface area contributed by atoms with Crippen molar-refractivity contribution in [3.63, 3.8) is 0 Å². The number of carbonyl (C=O) groups is 1. The molecule has 88 valence electrons. The highest BCUT2D eigenvalue weighted by molar-refractivity contribution is 5.82. The first-order valence-corrected chi connectivity index (χ1v) is 5.75. The standard InChI is InChI=1S/C11H18N4O/c1-12-9-4-2-3-7-15(11(9)16)8-10-13-5-6-14-10/h5-6,9,12H,2-4,7-8H2,1H3,(H,13,14). The third-order valence-corrected chi connectivity index (χ3v) is 3.02. The molecule has 2 rings (SSSR count). The highest BCUT2D eigenvalue weighted by Crippen LogP contribution is 2.13. The molecule has 1 atom stereocenters. The van der Waals surface area contributed by atoms with Crippen molar-refractivity contribution in [3.05, 3.63) is 18.2 Å². The maximum atomic E-state index is 12.1. The Hall–Kier alpha value is -1.36. The van der Waals surface area contributed by atoms with Crippen molar-refractivity contribution in [1.82, 2.24) is 20.2 Å². The van der Waals surface area contributed by atoms with Crippen molar-refractivity contribution in [2.24, 2.45) is 0 Å². The van der Waals surface area contributed by atoms with Crippen molar-refractivity contribution in [1.29, 1.82) is 0 Å². The first-order valence-electron chi connectivity index (χ1n) is 5.75. The Balaban J connectivity index is 2.04. The van der Waals surface area contributed by atoms with E-state index in [9.17, 15) is 4.79 Å². The minimum Gasteiger partial charge on any atom is -0.347 e. The number of amides is 1. The van der Waals surface area contributed by atoms with E-state index < -0.39 is 0 Å². The van der Waals surface area contributed by atoms with Gasteiger partial charge in [-0.15, -0.1) is 0 Å². The summed E-state index contributed by atoms with van der Waals surface area (Å²) in [6.45, 7) is 1.42. The molecule has 0 saturated carbocycles. The molecule has 0 radical (unpaired) electrons. The first kappa shape index (κ1) is 11.1. The van der Waals surface area contributed by atoms with Crippen LogP contribution in [0.1, 0.15) is 25.1 Å². The number of rotatable bonds is 3. The van der Waals surface area contributed by atoms with E-state index in [0.717, 1.165) is 31.6 Å². The molecule has 2 N–H and O–H groups in total. The van der Waals surface area contributed by atoms with Gasteiger partial charge in [0.2, 0.25) is 5.91 Å². The van der Waals surface area contributed by atoms with Crippen LogP contribution in [-0.4, -0.2) is 40.4 Å². The molecule has 5 heteroatoms. The van der Waals surface area contributed by atoms with Gasteiger partial charge in [0.1, 0.15) is 5.82 Å². The van der Waals surface area contributed by atoms with Crippen LogP contribution in [0.4, 0.5) is 0 Å². The van der Waals surface area contributed by atoms with Gasteiger partial charge < -0.3 is 15.2 Å². The summed E-state index contributed by atoms with van der Waals surface area (Å²) < 4.78 is 0. The Labute approximate surface area is 95.2 Å². The van der Waals surface area contributed by atoms with Crippen LogP contribution in [0.15, 0.2) is 12.4 Å². The molecule has 0 aliphatic carbocycles. The molecule has 1 aliphatic rings. The molecular weight excluding hydrogens is 204 g/mol. The van der Waals surface area contributed by atoms with Crippen molar-refractivity contribution in [2.45, 2.75) is 31.8 Å². The average Bonchev–Trinajstić information content (AvgIpc) is 2.73. The van der Waals surface area contributed by atoms with Crippen LogP contribution in [0.2, 0.25) is 0 Å². The number of hydrogen-bond donors (Lipinski definition) is 2. The number of likely N-dealkylation sites (N-methyl/N-ethyl adjacent to an activating group) is 1. The third kappa shape index (κ3) is 2.41. The number of nitrogens with zero attached hydrogens (tertiary/aromatic N) is 2. The number of aromatic nitrogens is 2. The van der Waals surface area contributed by atoms with Gasteiger partial charge in [0.25, 0.3) is 0 Å². The van der Waals surface area contributed by atoms with E-state index in [2.05, 4.69) is 15.3 Å². The number of imidazole rings is 1. The van der Waals surface area contributed by atoms with Crippen LogP contribution in [0.25, 0.3) is 0 Å². The third-order valence-electron chi connectivity index (χ3n) is 3.02. The number of carbonyl (C=O) groups excluding carboxylic acids is 1. The molecular formula is C11H18N4O. The quantitative estimate of drug-likeness (QED) is 0.783. The van der Waals surface area contributed by atoms with Gasteiger partial charge >= 0.3 is 0 Å². The van der Waals surface area contributed by atoms with Crippen LogP contribution >= 0.6 is 0 Å². The zero-order valence-electron chi connectivity index (χ0n) is 9.57. The van der Waals surface area contributed by atoms with Gasteiger partial charge in [-0.1, -0.05) is 0 Å². The molecule has 16 heavy (non-hydrogen) atoms. The number of aromatic amines is 1. The molecule has 1 aromatic heterocycles. The number of hydrogen-bond acceptors (Lipinski definition) is 3. The summed E-state index contributed by atoms with van der Waals surface area (Å²) in [4.78, 5) is 21.2. The van der Waals surface area contributed by atoms with Crippen LogP contribution in [-0.2, 0) is 11.3 Å². The van der Waals surface area contributed by atoms with Crippen molar-refractivity contribution in [3.8, 4) is 0 Å². The Morgan fingerprint density at radius 1 is 1.62 bits per heavy atom. The van der Waals surface area contributed by atoms with Gasteiger partial charge in [0, 0.05) is 18.9 Å². The molecule has 0 spiro atoms. The largest absolute Gasteiger partial charge is 0.347 e. The van der Waals surface area contributed by atoms with E-state index in [4.69, 9.17) is 0 Å². The molecule has 5 nitrogen and oxygen atoms in total. The Bertz CT molecular complexity index is 336. The maximum absolute atomic E-state index is 12.1. The van der Waals surface area contributed by atoms with Crippen molar-refractivity contribution < 1.29 is 4.79 Å². The SMILES string of the molecule is CNC1CCCCN(Cc2ncc[nH]2)C1=O. The summed E-state index contributed by atoms with van der Waals surface area (Å²) in [5, 5.41) is 3.08. The van der Waals surface area contributed by atoms with Gasteiger partial charge in [-0.25, -0.2) is 4.98 Å². The second-order valence-corrected chi connectivity index (χ2v) is 4.13. The van der Waals surface area contributed by atoms with Crippen LogP contribution in [0.5, 0.6) is 0 Å². The molecule has 0 bridgehead atoms. The lowest BCUT2D eigenvalue weighted by Crippen LogP contribution is -2.43. The Morgan fingerprint density at radius 3 is 3.19 bits per heavy atom. The fourth-order valence-corrected chi connectivity index (χ4v) is 2.10. The van der Waals surface area contributed by atoms with E-state index in [1.807, 2.05) is 11.9 Å². The van der Waals surface area contributed by atoms with E-state index in [-0.39, 0.29) is 11.9 Å². The van der Waals surface area contributed by atoms with E-state index in [0.29, 0.717) is 6.54 Å². The fraction of sp³-hybridized carbons (Fsp3) is 0.636. The summed E-state index contributed by atoms with van der Waals surface area (Å²) in [6.07, 6.45) is 6.61. The minimum absolute atomic E-state index is 0.0301. The molecule has 2 heterocycles. The zero-order valence-corrected chi connectivity index (χ0v) is 9.57. The predicted molar refractivity (Wildman–Crippen MR) is 60.7 cm³/mol. The molecule has 1 aromatic rings. The normalized spacial score (nSPS) is 22.2. The molecule has 1 aliphatic heterocycles. The van der Waals surface area contributed by atoms with Gasteiger partial charge in [-0.3, -0.25) is 4.79 Å². The lowest BCUT2D eigenvalue weighted by molar-refractivity contribution is -0.133. The van der Waals surface area contributed by atoms with Crippen LogP contribution in [0.3, 0.4) is 0 Å². The average molecular weight is 222 g/mol. The van der Waals surface area contributed by atoms with Crippen LogP contribution in [0, 0.1) is 0 Å². The Morgan fingerprint density at radius 2 is 2.50 bits per heavy atom. The second kappa shape index (κ2) is 5.12. The topological polar surface area (TPSA) is 61.0 Å². The lowest BCUT2D eigenvalue weighted by atomic mass is 10.1. The van der Waals surface area contributed by atoms with Gasteiger partial charge in [-0.05, 0) is 26.3 Å². The monoisotopic (exact) mass is 222 g/mol. The van der Waals surface area contributed by atoms with Crippen molar-refractivity contribution in [2.75, 3.05) is 13.6 Å². The van der Waals surface area contributed by atoms with E-state index in [1.165, 1.54) is 0 Å². The summed E-state index contributed by atoms with van der Waals surface area (Å²) in [6, 6.07) is -0.0301. The van der Waals surface area contributed by atoms with E-state index in [1.54, 1.807) is 12.4 Å². The Kier molecular flexibility index (Phi) is 3.56. The van der Waals surface area contributed by atoms with Gasteiger partial charge in [0.05, 0.1) is 12.6 Å². The smallest absolute Gasteiger partial charge is 0.240 e. The maximum Gasteiger partial charge on any atom is 0.240 e. The van der Waals surface area contributed by atoms with Gasteiger partial charge in [-0.2, -0.15) is 0 Å². The molecule has 1 saturated heterocycles. The molecule has 0 aromatic carbocycles. The second-order valence-electron chi connectivity index (χ2n) is 4.13.